The van der Waals surface area contributed by atoms with Crippen LogP contribution in [0.1, 0.15) is 0 Å². The van der Waals surface area contributed by atoms with Crippen LogP contribution in [0.25, 0.3) is 0 Å². The SMILES string of the molecule is NC1=C(C(=O)O)CNN1. The van der Waals surface area contributed by atoms with Crippen molar-refractivity contribution in [1.82, 2.24) is 10.9 Å². The molecule has 0 saturated carbocycles. The molecule has 1 aliphatic rings. The maximum absolute atomic E-state index is 10.2. The Morgan fingerprint density at radius 1 is 1.78 bits per heavy atom. The van der Waals surface area contributed by atoms with E-state index in [-0.39, 0.29) is 17.9 Å². The van der Waals surface area contributed by atoms with Gasteiger partial charge in [-0.1, -0.05) is 0 Å². The molecule has 0 unspecified atom stereocenters. The van der Waals surface area contributed by atoms with Gasteiger partial charge in [0.1, 0.15) is 5.82 Å². The van der Waals surface area contributed by atoms with Crippen LogP contribution in [0.5, 0.6) is 0 Å². The average molecular weight is 129 g/mol. The Morgan fingerprint density at radius 3 is 2.67 bits per heavy atom. The molecule has 0 amide bonds. The highest BCUT2D eigenvalue weighted by molar-refractivity contribution is 5.88. The van der Waals surface area contributed by atoms with Crippen molar-refractivity contribution in [3.63, 3.8) is 0 Å². The maximum atomic E-state index is 10.2. The number of carboxylic acids is 1. The van der Waals surface area contributed by atoms with E-state index in [1.807, 2.05) is 0 Å². The maximum Gasteiger partial charge on any atom is 0.336 e. The molecule has 0 bridgehead atoms. The second-order valence-electron chi connectivity index (χ2n) is 1.68. The number of hydrogen-bond acceptors (Lipinski definition) is 4. The molecule has 0 aromatic heterocycles. The van der Waals surface area contributed by atoms with Gasteiger partial charge in [-0.25, -0.2) is 10.2 Å². The second-order valence-corrected chi connectivity index (χ2v) is 1.68. The van der Waals surface area contributed by atoms with Crippen molar-refractivity contribution in [2.45, 2.75) is 0 Å². The monoisotopic (exact) mass is 129 g/mol. The molecule has 1 rings (SSSR count). The lowest BCUT2D eigenvalue weighted by atomic mass is 10.3. The van der Waals surface area contributed by atoms with E-state index in [2.05, 4.69) is 10.9 Å². The molecule has 0 aromatic rings. The van der Waals surface area contributed by atoms with Gasteiger partial charge in [-0.05, 0) is 0 Å². The van der Waals surface area contributed by atoms with Gasteiger partial charge in [0.05, 0.1) is 12.1 Å². The van der Waals surface area contributed by atoms with Crippen LogP contribution < -0.4 is 16.6 Å². The summed E-state index contributed by atoms with van der Waals surface area (Å²) in [4.78, 5) is 10.2. The van der Waals surface area contributed by atoms with Crippen LogP contribution in [0.3, 0.4) is 0 Å². The van der Waals surface area contributed by atoms with Crippen molar-refractivity contribution in [2.24, 2.45) is 5.73 Å². The zero-order chi connectivity index (χ0) is 6.85. The third kappa shape index (κ3) is 0.945. The fraction of sp³-hybridized carbons (Fsp3) is 0.250. The number of nitrogens with one attached hydrogen (secondary N) is 2. The molecular weight excluding hydrogens is 122 g/mol. The molecule has 9 heavy (non-hydrogen) atoms. The predicted octanol–water partition coefficient (Wildman–Crippen LogP) is -1.65. The Hall–Kier alpha value is -1.23. The third-order valence-electron chi connectivity index (χ3n) is 1.07. The molecule has 5 N–H and O–H groups in total. The van der Waals surface area contributed by atoms with Gasteiger partial charge in [-0.15, -0.1) is 0 Å². The Kier molecular flexibility index (Phi) is 1.27. The topological polar surface area (TPSA) is 87.4 Å². The molecule has 0 atom stereocenters. The first-order valence-electron chi connectivity index (χ1n) is 2.42. The van der Waals surface area contributed by atoms with Crippen molar-refractivity contribution in [2.75, 3.05) is 6.54 Å². The number of aliphatic carboxylic acids is 1. The summed E-state index contributed by atoms with van der Waals surface area (Å²) in [6, 6.07) is 0. The van der Waals surface area contributed by atoms with E-state index in [1.54, 1.807) is 0 Å². The minimum absolute atomic E-state index is 0.190. The van der Waals surface area contributed by atoms with Crippen LogP contribution in [0.4, 0.5) is 0 Å². The number of hydrogen-bond donors (Lipinski definition) is 4. The first kappa shape index (κ1) is 5.90. The second kappa shape index (κ2) is 1.94. The number of hydrazine groups is 1. The van der Waals surface area contributed by atoms with E-state index in [1.165, 1.54) is 0 Å². The van der Waals surface area contributed by atoms with E-state index in [4.69, 9.17) is 10.8 Å². The van der Waals surface area contributed by atoms with Gasteiger partial charge >= 0.3 is 5.97 Å². The molecule has 50 valence electrons. The van der Waals surface area contributed by atoms with E-state index >= 15 is 0 Å². The quantitative estimate of drug-likeness (QED) is 0.340. The van der Waals surface area contributed by atoms with Crippen LogP contribution in [0, 0.1) is 0 Å². The number of rotatable bonds is 1. The number of nitrogens with two attached hydrogens (primary N) is 1. The molecule has 0 aliphatic carbocycles. The highest BCUT2D eigenvalue weighted by Gasteiger charge is 2.16. The van der Waals surface area contributed by atoms with Crippen LogP contribution in [0.2, 0.25) is 0 Å². The van der Waals surface area contributed by atoms with Crippen molar-refractivity contribution >= 4 is 5.97 Å². The Labute approximate surface area is 51.5 Å². The van der Waals surface area contributed by atoms with E-state index in [0.717, 1.165) is 0 Å². The lowest BCUT2D eigenvalue weighted by Gasteiger charge is -1.92. The normalized spacial score (nSPS) is 17.8. The Bertz CT molecular complexity index is 175. The van der Waals surface area contributed by atoms with Gasteiger partial charge in [-0.3, -0.25) is 0 Å². The summed E-state index contributed by atoms with van der Waals surface area (Å²) >= 11 is 0. The highest BCUT2D eigenvalue weighted by Crippen LogP contribution is 1.98. The molecule has 0 aromatic carbocycles. The molecule has 0 saturated heterocycles. The van der Waals surface area contributed by atoms with Gasteiger partial charge in [0.15, 0.2) is 0 Å². The molecule has 1 aliphatic heterocycles. The average Bonchev–Trinajstić information content (AvgIpc) is 2.13. The summed E-state index contributed by atoms with van der Waals surface area (Å²) in [5.41, 5.74) is 10.4. The molecule has 0 radical (unpaired) electrons. The molecule has 5 heteroatoms. The Balaban J connectivity index is 2.78. The minimum Gasteiger partial charge on any atom is -0.478 e. The minimum atomic E-state index is -0.981. The lowest BCUT2D eigenvalue weighted by molar-refractivity contribution is -0.132. The summed E-state index contributed by atoms with van der Waals surface area (Å²) in [5, 5.41) is 8.37. The van der Waals surface area contributed by atoms with E-state index in [0.29, 0.717) is 0 Å². The highest BCUT2D eigenvalue weighted by atomic mass is 16.4. The first-order chi connectivity index (χ1) is 4.22. The summed E-state index contributed by atoms with van der Waals surface area (Å²) < 4.78 is 0. The molecule has 1 heterocycles. The lowest BCUT2D eigenvalue weighted by Crippen LogP contribution is -2.26. The standard InChI is InChI=1S/C4H7N3O2/c5-3-2(4(8)9)1-6-7-3/h6-7H,1,5H2,(H,8,9). The number of carboxylic acid groups (broad SMARTS) is 1. The van der Waals surface area contributed by atoms with Crippen molar-refractivity contribution < 1.29 is 9.90 Å². The van der Waals surface area contributed by atoms with E-state index < -0.39 is 5.97 Å². The Morgan fingerprint density at radius 2 is 2.44 bits per heavy atom. The first-order valence-corrected chi connectivity index (χ1v) is 2.42. The zero-order valence-electron chi connectivity index (χ0n) is 4.64. The fourth-order valence-corrected chi connectivity index (χ4v) is 0.589. The molecule has 5 nitrogen and oxygen atoms in total. The predicted molar refractivity (Wildman–Crippen MR) is 30.0 cm³/mol. The molecular formula is C4H7N3O2. The molecule has 0 spiro atoms. The summed E-state index contributed by atoms with van der Waals surface area (Å²) in [6.07, 6.45) is 0. The largest absolute Gasteiger partial charge is 0.478 e. The fourth-order valence-electron chi connectivity index (χ4n) is 0.589. The van der Waals surface area contributed by atoms with Crippen molar-refractivity contribution in [3.8, 4) is 0 Å². The number of carbonyl (C=O) groups is 1. The summed E-state index contributed by atoms with van der Waals surface area (Å²) in [6.45, 7) is 0.279. The smallest absolute Gasteiger partial charge is 0.336 e. The van der Waals surface area contributed by atoms with Crippen LogP contribution in [-0.4, -0.2) is 17.6 Å². The van der Waals surface area contributed by atoms with Crippen LogP contribution in [-0.2, 0) is 4.79 Å². The molecule has 0 fully saturated rings. The van der Waals surface area contributed by atoms with Gasteiger partial charge in [-0.2, -0.15) is 0 Å². The van der Waals surface area contributed by atoms with Crippen molar-refractivity contribution in [3.05, 3.63) is 11.4 Å². The van der Waals surface area contributed by atoms with Crippen molar-refractivity contribution in [1.29, 1.82) is 0 Å². The zero-order valence-corrected chi connectivity index (χ0v) is 4.64. The van der Waals surface area contributed by atoms with Gasteiger partial charge in [0, 0.05) is 0 Å². The van der Waals surface area contributed by atoms with Crippen LogP contribution in [0.15, 0.2) is 11.4 Å². The van der Waals surface area contributed by atoms with E-state index in [9.17, 15) is 4.79 Å². The van der Waals surface area contributed by atoms with Gasteiger partial charge in [0.2, 0.25) is 0 Å². The summed E-state index contributed by atoms with van der Waals surface area (Å²) in [7, 11) is 0. The summed E-state index contributed by atoms with van der Waals surface area (Å²) in [5.74, 6) is -0.785. The van der Waals surface area contributed by atoms with Gasteiger partial charge < -0.3 is 16.3 Å². The third-order valence-corrected chi connectivity index (χ3v) is 1.07. The van der Waals surface area contributed by atoms with Crippen LogP contribution >= 0.6 is 0 Å². The van der Waals surface area contributed by atoms with Gasteiger partial charge in [0.25, 0.3) is 0 Å².